The van der Waals surface area contributed by atoms with Gasteiger partial charge in [0.25, 0.3) is 0 Å². The lowest BCUT2D eigenvalue weighted by atomic mass is 9.93. The lowest BCUT2D eigenvalue weighted by Gasteiger charge is -2.29. The van der Waals surface area contributed by atoms with Gasteiger partial charge in [-0.3, -0.25) is 5.32 Å². The van der Waals surface area contributed by atoms with Crippen LogP contribution in [0.3, 0.4) is 0 Å². The van der Waals surface area contributed by atoms with Crippen molar-refractivity contribution in [1.29, 1.82) is 5.26 Å². The Hall–Kier alpha value is -0.980. The van der Waals surface area contributed by atoms with Crippen LogP contribution in [0.15, 0.2) is 30.3 Å². The number of hydrogen-bond donors (Lipinski definition) is 1. The monoisotopic (exact) mass is 288 g/mol. The van der Waals surface area contributed by atoms with Gasteiger partial charge in [-0.2, -0.15) is 17.0 Å². The van der Waals surface area contributed by atoms with Gasteiger partial charge in [0.05, 0.1) is 6.07 Å². The summed E-state index contributed by atoms with van der Waals surface area (Å²) in [6.45, 7) is 3.03. The maximum atomic E-state index is 9.80. The van der Waals surface area contributed by atoms with Gasteiger partial charge in [-0.05, 0) is 31.4 Å². The molecule has 1 aromatic rings. The second-order valence-electron chi connectivity index (χ2n) is 5.53. The van der Waals surface area contributed by atoms with Gasteiger partial charge in [-0.1, -0.05) is 50.1 Å². The molecule has 1 aliphatic rings. The van der Waals surface area contributed by atoms with E-state index in [1.165, 1.54) is 25.7 Å². The van der Waals surface area contributed by atoms with Crippen LogP contribution >= 0.6 is 11.8 Å². The van der Waals surface area contributed by atoms with Crippen molar-refractivity contribution in [1.82, 2.24) is 5.32 Å². The third-order valence-electron chi connectivity index (χ3n) is 3.97. The first-order valence-corrected chi connectivity index (χ1v) is 8.69. The van der Waals surface area contributed by atoms with Crippen LogP contribution in [0.4, 0.5) is 0 Å². The number of benzene rings is 1. The molecule has 108 valence electrons. The van der Waals surface area contributed by atoms with Gasteiger partial charge in [0.15, 0.2) is 0 Å². The fourth-order valence-corrected chi connectivity index (χ4v) is 4.22. The van der Waals surface area contributed by atoms with E-state index in [1.807, 2.05) is 30.0 Å². The first-order chi connectivity index (χ1) is 9.80. The van der Waals surface area contributed by atoms with E-state index in [9.17, 15) is 5.26 Å². The van der Waals surface area contributed by atoms with Crippen LogP contribution in [0.25, 0.3) is 0 Å². The molecule has 1 N–H and O–H groups in total. The highest BCUT2D eigenvalue weighted by atomic mass is 32.2. The molecule has 0 aromatic heterocycles. The molecule has 1 aromatic carbocycles. The third kappa shape index (κ3) is 3.77. The number of nitriles is 1. The Kier molecular flexibility index (Phi) is 5.94. The zero-order valence-electron chi connectivity index (χ0n) is 12.3. The van der Waals surface area contributed by atoms with Crippen LogP contribution in [-0.4, -0.2) is 17.5 Å². The maximum absolute atomic E-state index is 9.80. The largest absolute Gasteiger partial charge is 0.295 e. The molecule has 2 nitrogen and oxygen atoms in total. The summed E-state index contributed by atoms with van der Waals surface area (Å²) in [5.74, 6) is 0.845. The second kappa shape index (κ2) is 7.71. The van der Waals surface area contributed by atoms with Gasteiger partial charge in [-0.15, -0.1) is 0 Å². The highest BCUT2D eigenvalue weighted by Crippen LogP contribution is 2.34. The number of nitrogens with zero attached hydrogens (tertiary/aromatic N) is 1. The van der Waals surface area contributed by atoms with E-state index in [2.05, 4.69) is 30.4 Å². The van der Waals surface area contributed by atoms with Crippen LogP contribution in [0, 0.1) is 11.3 Å². The minimum Gasteiger partial charge on any atom is -0.295 e. The molecule has 0 amide bonds. The van der Waals surface area contributed by atoms with Crippen LogP contribution in [0.2, 0.25) is 0 Å². The first-order valence-electron chi connectivity index (χ1n) is 7.64. The highest BCUT2D eigenvalue weighted by molar-refractivity contribution is 8.00. The molecule has 3 heteroatoms. The first kappa shape index (κ1) is 15.4. The molecule has 1 atom stereocenters. The molecular formula is C17H24N2S. The molecule has 1 aliphatic carbocycles. The molecule has 20 heavy (non-hydrogen) atoms. The van der Waals surface area contributed by atoms with Crippen LogP contribution < -0.4 is 5.32 Å². The lowest BCUT2D eigenvalue weighted by molar-refractivity contribution is 0.473. The summed E-state index contributed by atoms with van der Waals surface area (Å²) in [7, 11) is 0. The quantitative estimate of drug-likeness (QED) is 0.821. The summed E-state index contributed by atoms with van der Waals surface area (Å²) in [5, 5.41) is 14.0. The molecule has 0 radical (unpaired) electrons. The molecule has 0 aliphatic heterocycles. The van der Waals surface area contributed by atoms with Crippen molar-refractivity contribution in [2.45, 2.75) is 49.8 Å². The van der Waals surface area contributed by atoms with Crippen LogP contribution in [-0.2, 0) is 5.54 Å². The van der Waals surface area contributed by atoms with Crippen molar-refractivity contribution in [3.63, 3.8) is 0 Å². The van der Waals surface area contributed by atoms with Crippen molar-refractivity contribution < 1.29 is 0 Å². The summed E-state index contributed by atoms with van der Waals surface area (Å²) in [4.78, 5) is 0. The van der Waals surface area contributed by atoms with Crippen molar-refractivity contribution >= 4 is 11.8 Å². The van der Waals surface area contributed by atoms with Gasteiger partial charge in [0.1, 0.15) is 5.54 Å². The topological polar surface area (TPSA) is 35.8 Å². The van der Waals surface area contributed by atoms with E-state index < -0.39 is 5.54 Å². The molecule has 0 saturated heterocycles. The van der Waals surface area contributed by atoms with E-state index in [-0.39, 0.29) is 0 Å². The molecule has 1 unspecified atom stereocenters. The Morgan fingerprint density at radius 1 is 1.30 bits per heavy atom. The summed E-state index contributed by atoms with van der Waals surface area (Å²) in [6, 6.07) is 12.8. The normalized spacial score (nSPS) is 18.6. The van der Waals surface area contributed by atoms with E-state index in [0.717, 1.165) is 29.5 Å². The summed E-state index contributed by atoms with van der Waals surface area (Å²) in [6.07, 6.45) is 6.38. The van der Waals surface area contributed by atoms with Crippen molar-refractivity contribution in [2.75, 3.05) is 12.3 Å². The Morgan fingerprint density at radius 2 is 2.00 bits per heavy atom. The lowest BCUT2D eigenvalue weighted by Crippen LogP contribution is -2.44. The molecule has 2 rings (SSSR count). The summed E-state index contributed by atoms with van der Waals surface area (Å²) < 4.78 is 0. The fraction of sp³-hybridized carbons (Fsp3) is 0.588. The molecule has 0 spiro atoms. The van der Waals surface area contributed by atoms with Crippen LogP contribution in [0.1, 0.15) is 44.6 Å². The Morgan fingerprint density at radius 3 is 2.60 bits per heavy atom. The minimum absolute atomic E-state index is 0.537. The van der Waals surface area contributed by atoms with Gasteiger partial charge in [0, 0.05) is 11.0 Å². The van der Waals surface area contributed by atoms with Crippen LogP contribution in [0.5, 0.6) is 0 Å². The van der Waals surface area contributed by atoms with Gasteiger partial charge < -0.3 is 0 Å². The van der Waals surface area contributed by atoms with Crippen molar-refractivity contribution in [3.8, 4) is 6.07 Å². The SMILES string of the molecule is CCCNC(C#N)(CSC1CCCC1)c1ccccc1. The number of thioether (sulfide) groups is 1. The second-order valence-corrected chi connectivity index (χ2v) is 6.82. The van der Waals surface area contributed by atoms with Gasteiger partial charge in [0.2, 0.25) is 0 Å². The van der Waals surface area contributed by atoms with E-state index in [4.69, 9.17) is 0 Å². The number of rotatable bonds is 7. The molecule has 0 bridgehead atoms. The van der Waals surface area contributed by atoms with Gasteiger partial charge in [-0.25, -0.2) is 0 Å². The summed E-state index contributed by atoms with van der Waals surface area (Å²) >= 11 is 1.98. The summed E-state index contributed by atoms with van der Waals surface area (Å²) in [5.41, 5.74) is 0.561. The average Bonchev–Trinajstić information content (AvgIpc) is 3.02. The Labute approximate surface area is 127 Å². The fourth-order valence-electron chi connectivity index (χ4n) is 2.73. The molecule has 1 saturated carbocycles. The van der Waals surface area contributed by atoms with Crippen molar-refractivity contribution in [3.05, 3.63) is 35.9 Å². The van der Waals surface area contributed by atoms with Crippen molar-refractivity contribution in [2.24, 2.45) is 0 Å². The van der Waals surface area contributed by atoms with Gasteiger partial charge >= 0.3 is 0 Å². The minimum atomic E-state index is -0.537. The number of nitrogens with one attached hydrogen (secondary N) is 1. The Balaban J connectivity index is 2.11. The molecule has 1 fully saturated rings. The smallest absolute Gasteiger partial charge is 0.141 e. The van der Waals surface area contributed by atoms with E-state index in [1.54, 1.807) is 0 Å². The van der Waals surface area contributed by atoms with E-state index >= 15 is 0 Å². The highest BCUT2D eigenvalue weighted by Gasteiger charge is 2.33. The zero-order valence-corrected chi connectivity index (χ0v) is 13.1. The third-order valence-corrected chi connectivity index (χ3v) is 5.51. The predicted octanol–water partition coefficient (Wildman–Crippen LogP) is 4.08. The standard InChI is InChI=1S/C17H24N2S/c1-2-12-19-17(13-18,15-8-4-3-5-9-15)14-20-16-10-6-7-11-16/h3-5,8-9,16,19H,2,6-7,10-12,14H2,1H3. The average molecular weight is 288 g/mol. The molecular weight excluding hydrogens is 264 g/mol. The zero-order chi connectivity index (χ0) is 14.3. The molecule has 0 heterocycles. The maximum Gasteiger partial charge on any atom is 0.141 e. The van der Waals surface area contributed by atoms with E-state index in [0.29, 0.717) is 0 Å². The predicted molar refractivity (Wildman–Crippen MR) is 86.7 cm³/mol. The number of hydrogen-bond acceptors (Lipinski definition) is 3. The Bertz CT molecular complexity index is 434.